The zero-order chi connectivity index (χ0) is 25.7. The second-order valence-electron chi connectivity index (χ2n) is 8.19. The van der Waals surface area contributed by atoms with Crippen LogP contribution < -0.4 is 14.8 Å². The number of amides is 2. The van der Waals surface area contributed by atoms with Gasteiger partial charge in [0.05, 0.1) is 25.3 Å². The van der Waals surface area contributed by atoms with Crippen LogP contribution in [0.3, 0.4) is 0 Å². The molecule has 0 bridgehead atoms. The lowest BCUT2D eigenvalue weighted by molar-refractivity contribution is 0.174. The number of aromatic hydroxyl groups is 1. The number of aromatic nitrogens is 2. The third-order valence-electron chi connectivity index (χ3n) is 5.94. The molecule has 4 rings (SSSR count). The molecule has 0 radical (unpaired) electrons. The number of urea groups is 1. The van der Waals surface area contributed by atoms with E-state index in [9.17, 15) is 9.90 Å². The van der Waals surface area contributed by atoms with Crippen molar-refractivity contribution in [3.05, 3.63) is 59.6 Å². The van der Waals surface area contributed by atoms with Crippen LogP contribution in [0.1, 0.15) is 37.8 Å². The third-order valence-corrected chi connectivity index (χ3v) is 5.94. The van der Waals surface area contributed by atoms with Gasteiger partial charge < -0.3 is 29.2 Å². The second-order valence-corrected chi connectivity index (χ2v) is 8.19. The molecule has 0 aliphatic carbocycles. The number of carbonyl (C=O) groups excluding carboxylic acids is 1. The van der Waals surface area contributed by atoms with Gasteiger partial charge >= 0.3 is 6.03 Å². The Morgan fingerprint density at radius 3 is 2.61 bits per heavy atom. The number of ether oxygens (including phenoxy) is 3. The smallest absolute Gasteiger partial charge is 0.322 e. The molecule has 1 unspecified atom stereocenters. The predicted octanol–water partition coefficient (Wildman–Crippen LogP) is 4.38. The standard InChI is InChI=1S/C26H30N4O6/c1-5-35-19-10-7-17(8-11-19)24-28-25(36-29-24)22-16(2)30(13-6-14-33-3)26(32)27-23(22)18-9-12-21(34-4)20(31)15-18/h7-12,15,23,31H,5-6,13-14H2,1-4H3,(H,27,32). The number of phenolic OH excluding ortho intramolecular Hbond substituents is 1. The average molecular weight is 495 g/mol. The van der Waals surface area contributed by atoms with E-state index in [4.69, 9.17) is 18.7 Å². The minimum Gasteiger partial charge on any atom is -0.504 e. The van der Waals surface area contributed by atoms with E-state index < -0.39 is 6.04 Å². The Labute approximate surface area is 209 Å². The van der Waals surface area contributed by atoms with Crippen molar-refractivity contribution in [1.29, 1.82) is 0 Å². The van der Waals surface area contributed by atoms with Crippen LogP contribution in [0.2, 0.25) is 0 Å². The Kier molecular flexibility index (Phi) is 7.74. The number of rotatable bonds is 10. The van der Waals surface area contributed by atoms with E-state index in [1.165, 1.54) is 7.11 Å². The summed E-state index contributed by atoms with van der Waals surface area (Å²) in [5, 5.41) is 17.6. The highest BCUT2D eigenvalue weighted by Gasteiger charge is 2.36. The van der Waals surface area contributed by atoms with Gasteiger partial charge in [0.15, 0.2) is 11.5 Å². The van der Waals surface area contributed by atoms with E-state index in [2.05, 4.69) is 15.5 Å². The lowest BCUT2D eigenvalue weighted by Crippen LogP contribution is -2.46. The first-order valence-electron chi connectivity index (χ1n) is 11.7. The number of carbonyl (C=O) groups is 1. The van der Waals surface area contributed by atoms with Crippen molar-refractivity contribution in [2.24, 2.45) is 0 Å². The number of allylic oxidation sites excluding steroid dienone is 1. The van der Waals surface area contributed by atoms with Gasteiger partial charge in [0, 0.05) is 31.5 Å². The fraction of sp³-hybridized carbons (Fsp3) is 0.346. The minimum absolute atomic E-state index is 0.0376. The van der Waals surface area contributed by atoms with E-state index in [1.807, 2.05) is 38.1 Å². The predicted molar refractivity (Wildman–Crippen MR) is 133 cm³/mol. The number of phenols is 1. The summed E-state index contributed by atoms with van der Waals surface area (Å²) in [6.45, 7) is 5.32. The molecule has 0 fully saturated rings. The zero-order valence-electron chi connectivity index (χ0n) is 20.8. The maximum atomic E-state index is 13.1. The molecular weight excluding hydrogens is 464 g/mol. The van der Waals surface area contributed by atoms with Gasteiger partial charge in [0.1, 0.15) is 5.75 Å². The summed E-state index contributed by atoms with van der Waals surface area (Å²) in [6.07, 6.45) is 0.657. The molecule has 10 nitrogen and oxygen atoms in total. The Hall–Kier alpha value is -4.05. The molecule has 2 heterocycles. The SMILES string of the molecule is CCOc1ccc(-c2noc(C3=C(C)N(CCCOC)C(=O)NC3c3ccc(OC)c(O)c3)n2)cc1. The lowest BCUT2D eigenvalue weighted by Gasteiger charge is -2.35. The molecule has 36 heavy (non-hydrogen) atoms. The molecule has 1 aliphatic rings. The molecule has 0 saturated heterocycles. The second kappa shape index (κ2) is 11.1. The highest BCUT2D eigenvalue weighted by molar-refractivity contribution is 5.87. The summed E-state index contributed by atoms with van der Waals surface area (Å²) in [7, 11) is 3.10. The van der Waals surface area contributed by atoms with Crippen LogP contribution in [-0.2, 0) is 4.74 Å². The summed E-state index contributed by atoms with van der Waals surface area (Å²) in [6, 6.07) is 11.5. The van der Waals surface area contributed by atoms with Gasteiger partial charge in [-0.25, -0.2) is 4.79 Å². The van der Waals surface area contributed by atoms with E-state index >= 15 is 0 Å². The van der Waals surface area contributed by atoms with Crippen molar-refractivity contribution in [1.82, 2.24) is 20.4 Å². The quantitative estimate of drug-likeness (QED) is 0.399. The molecule has 190 valence electrons. The topological polar surface area (TPSA) is 119 Å². The molecule has 1 aliphatic heterocycles. The molecule has 1 aromatic heterocycles. The first kappa shape index (κ1) is 25.1. The van der Waals surface area contributed by atoms with Gasteiger partial charge in [0.2, 0.25) is 5.82 Å². The number of hydrogen-bond donors (Lipinski definition) is 2. The number of nitrogens with zero attached hydrogens (tertiary/aromatic N) is 3. The maximum Gasteiger partial charge on any atom is 0.322 e. The largest absolute Gasteiger partial charge is 0.504 e. The van der Waals surface area contributed by atoms with E-state index in [0.29, 0.717) is 54.6 Å². The number of hydrogen-bond acceptors (Lipinski definition) is 8. The van der Waals surface area contributed by atoms with Gasteiger partial charge in [0.25, 0.3) is 5.89 Å². The lowest BCUT2D eigenvalue weighted by atomic mass is 9.94. The van der Waals surface area contributed by atoms with Crippen LogP contribution >= 0.6 is 0 Å². The number of methoxy groups -OCH3 is 2. The first-order valence-corrected chi connectivity index (χ1v) is 11.7. The van der Waals surface area contributed by atoms with Crippen molar-refractivity contribution in [2.45, 2.75) is 26.3 Å². The minimum atomic E-state index is -0.624. The molecule has 3 aromatic rings. The molecule has 2 aromatic carbocycles. The van der Waals surface area contributed by atoms with Crippen LogP contribution in [0.25, 0.3) is 17.0 Å². The van der Waals surface area contributed by atoms with Crippen molar-refractivity contribution >= 4 is 11.6 Å². The summed E-state index contributed by atoms with van der Waals surface area (Å²) in [5.74, 6) is 1.73. The molecule has 2 amide bonds. The Morgan fingerprint density at radius 2 is 1.94 bits per heavy atom. The molecule has 0 spiro atoms. The first-order chi connectivity index (χ1) is 17.5. The summed E-state index contributed by atoms with van der Waals surface area (Å²) in [5.41, 5.74) is 2.73. The van der Waals surface area contributed by atoms with Crippen LogP contribution in [0.5, 0.6) is 17.2 Å². The van der Waals surface area contributed by atoms with Crippen molar-refractivity contribution in [2.75, 3.05) is 34.0 Å². The Balaban J connectivity index is 1.74. The fourth-order valence-corrected chi connectivity index (χ4v) is 4.15. The summed E-state index contributed by atoms with van der Waals surface area (Å²) in [4.78, 5) is 19.3. The number of benzene rings is 2. The van der Waals surface area contributed by atoms with E-state index in [-0.39, 0.29) is 17.7 Å². The Morgan fingerprint density at radius 1 is 1.17 bits per heavy atom. The number of nitrogens with one attached hydrogen (secondary N) is 1. The van der Waals surface area contributed by atoms with Gasteiger partial charge in [-0.2, -0.15) is 4.98 Å². The normalized spacial score (nSPS) is 15.7. The van der Waals surface area contributed by atoms with Gasteiger partial charge in [-0.1, -0.05) is 11.2 Å². The van der Waals surface area contributed by atoms with Crippen LogP contribution in [0.4, 0.5) is 4.79 Å². The highest BCUT2D eigenvalue weighted by Crippen LogP contribution is 2.39. The molecule has 1 atom stereocenters. The van der Waals surface area contributed by atoms with Gasteiger partial charge in [-0.05, 0) is 62.2 Å². The van der Waals surface area contributed by atoms with E-state index in [0.717, 1.165) is 11.3 Å². The van der Waals surface area contributed by atoms with Crippen LogP contribution in [0.15, 0.2) is 52.7 Å². The van der Waals surface area contributed by atoms with Gasteiger partial charge in [-0.15, -0.1) is 0 Å². The van der Waals surface area contributed by atoms with Crippen LogP contribution in [-0.4, -0.2) is 60.2 Å². The maximum absolute atomic E-state index is 13.1. The summed E-state index contributed by atoms with van der Waals surface area (Å²) < 4.78 is 21.5. The van der Waals surface area contributed by atoms with E-state index in [1.54, 1.807) is 30.2 Å². The fourth-order valence-electron chi connectivity index (χ4n) is 4.15. The molecule has 2 N–H and O–H groups in total. The van der Waals surface area contributed by atoms with Crippen molar-refractivity contribution in [3.63, 3.8) is 0 Å². The van der Waals surface area contributed by atoms with Gasteiger partial charge in [-0.3, -0.25) is 4.90 Å². The average Bonchev–Trinajstić information content (AvgIpc) is 3.36. The molecular formula is C26H30N4O6. The summed E-state index contributed by atoms with van der Waals surface area (Å²) >= 11 is 0. The monoisotopic (exact) mass is 494 g/mol. The van der Waals surface area contributed by atoms with Crippen molar-refractivity contribution in [3.8, 4) is 28.6 Å². The van der Waals surface area contributed by atoms with Crippen molar-refractivity contribution < 1.29 is 28.6 Å². The Bertz CT molecular complexity index is 1240. The molecule has 10 heteroatoms. The third kappa shape index (κ3) is 5.13. The molecule has 0 saturated carbocycles. The zero-order valence-corrected chi connectivity index (χ0v) is 20.8. The highest BCUT2D eigenvalue weighted by atomic mass is 16.5. The van der Waals surface area contributed by atoms with Crippen LogP contribution in [0, 0.1) is 0 Å².